The molecule has 1 N–H and O–H groups in total. The molecule has 0 fully saturated rings. The number of hydrogen-bond acceptors (Lipinski definition) is 4. The number of hydrogen-bond donors (Lipinski definition) is 1. The minimum atomic E-state index is -0.956. The third kappa shape index (κ3) is 3.01. The second-order valence-corrected chi connectivity index (χ2v) is 6.30. The summed E-state index contributed by atoms with van der Waals surface area (Å²) in [7, 11) is 0. The number of halogens is 1. The van der Waals surface area contributed by atoms with Crippen molar-refractivity contribution in [3.05, 3.63) is 46.4 Å². The first-order valence-electron chi connectivity index (χ1n) is 6.24. The fourth-order valence-electron chi connectivity index (χ4n) is 2.01. The van der Waals surface area contributed by atoms with Gasteiger partial charge in [-0.2, -0.15) is 0 Å². The van der Waals surface area contributed by atoms with Crippen LogP contribution in [0.3, 0.4) is 0 Å². The van der Waals surface area contributed by atoms with Crippen molar-refractivity contribution >= 4 is 33.7 Å². The van der Waals surface area contributed by atoms with Crippen LogP contribution in [-0.4, -0.2) is 24.3 Å². The summed E-state index contributed by atoms with van der Waals surface area (Å²) >= 11 is 4.67. The summed E-state index contributed by atoms with van der Waals surface area (Å²) in [6.45, 7) is 1.08. The topological polar surface area (TPSA) is 55.8 Å². The van der Waals surface area contributed by atoms with Gasteiger partial charge in [-0.1, -0.05) is 17.8 Å². The van der Waals surface area contributed by atoms with Gasteiger partial charge in [-0.3, -0.25) is 0 Å². The van der Waals surface area contributed by atoms with Crippen molar-refractivity contribution in [2.45, 2.75) is 9.79 Å². The van der Waals surface area contributed by atoms with Crippen molar-refractivity contribution in [1.29, 1.82) is 0 Å². The molecule has 2 aromatic rings. The third-order valence-electron chi connectivity index (χ3n) is 2.93. The van der Waals surface area contributed by atoms with Gasteiger partial charge in [0.05, 0.1) is 5.56 Å². The van der Waals surface area contributed by atoms with E-state index in [9.17, 15) is 9.90 Å². The van der Waals surface area contributed by atoms with Gasteiger partial charge in [-0.15, -0.1) is 0 Å². The lowest BCUT2D eigenvalue weighted by atomic mass is 10.2. The van der Waals surface area contributed by atoms with Crippen molar-refractivity contribution in [1.82, 2.24) is 0 Å². The first-order valence-corrected chi connectivity index (χ1v) is 7.85. The fourth-order valence-corrected chi connectivity index (χ4v) is 3.68. The van der Waals surface area contributed by atoms with E-state index in [1.54, 1.807) is 12.1 Å². The van der Waals surface area contributed by atoms with Gasteiger partial charge in [0.15, 0.2) is 11.5 Å². The Labute approximate surface area is 134 Å². The third-order valence-corrected chi connectivity index (χ3v) is 4.64. The van der Waals surface area contributed by atoms with E-state index in [0.717, 1.165) is 10.6 Å². The molecule has 0 aromatic heterocycles. The van der Waals surface area contributed by atoms with Crippen LogP contribution in [0, 0.1) is 0 Å². The van der Waals surface area contributed by atoms with Crippen LogP contribution in [0.25, 0.3) is 0 Å². The molecule has 0 atom stereocenters. The lowest BCUT2D eigenvalue weighted by Gasteiger charge is -2.18. The largest absolute Gasteiger partial charge is 0.486 e. The van der Waals surface area contributed by atoms with Crippen LogP contribution in [0.4, 0.5) is 0 Å². The first kappa shape index (κ1) is 14.3. The number of fused-ring (bicyclic) bond motifs is 1. The average molecular weight is 367 g/mol. The normalized spacial score (nSPS) is 13.0. The molecule has 3 rings (SSSR count). The molecule has 2 aromatic carbocycles. The predicted molar refractivity (Wildman–Crippen MR) is 82.7 cm³/mol. The maximum absolute atomic E-state index is 11.4. The molecule has 6 heteroatoms. The van der Waals surface area contributed by atoms with Crippen LogP contribution >= 0.6 is 27.7 Å². The summed E-state index contributed by atoms with van der Waals surface area (Å²) in [5.74, 6) is 0.457. The molecule has 0 spiro atoms. The summed E-state index contributed by atoms with van der Waals surface area (Å²) in [6, 6.07) is 10.9. The zero-order chi connectivity index (χ0) is 14.8. The molecule has 1 aliphatic rings. The van der Waals surface area contributed by atoms with Crippen LogP contribution in [0.1, 0.15) is 10.4 Å². The monoisotopic (exact) mass is 366 g/mol. The molecule has 0 amide bonds. The summed E-state index contributed by atoms with van der Waals surface area (Å²) in [6.07, 6.45) is 0. The summed E-state index contributed by atoms with van der Waals surface area (Å²) in [5, 5.41) is 9.33. The van der Waals surface area contributed by atoms with E-state index in [1.165, 1.54) is 11.8 Å². The van der Waals surface area contributed by atoms with Gasteiger partial charge in [-0.05, 0) is 46.3 Å². The lowest BCUT2D eigenvalue weighted by molar-refractivity contribution is 0.0692. The SMILES string of the molecule is O=C(O)c1c(Br)cccc1Sc1ccc2c(c1)OCCO2. The minimum Gasteiger partial charge on any atom is -0.486 e. The minimum absolute atomic E-state index is 0.261. The molecule has 1 heterocycles. The van der Waals surface area contributed by atoms with E-state index in [0.29, 0.717) is 28.3 Å². The fraction of sp³-hybridized carbons (Fsp3) is 0.133. The Balaban J connectivity index is 1.94. The van der Waals surface area contributed by atoms with Gasteiger partial charge in [0.25, 0.3) is 0 Å². The summed E-state index contributed by atoms with van der Waals surface area (Å²) in [5.41, 5.74) is 0.261. The Bertz CT molecular complexity index is 702. The van der Waals surface area contributed by atoms with Crippen molar-refractivity contribution in [2.24, 2.45) is 0 Å². The van der Waals surface area contributed by atoms with E-state index in [1.807, 2.05) is 24.3 Å². The molecule has 21 heavy (non-hydrogen) atoms. The average Bonchev–Trinajstić information content (AvgIpc) is 2.47. The molecule has 0 saturated carbocycles. The van der Waals surface area contributed by atoms with Gasteiger partial charge >= 0.3 is 5.97 Å². The Hall–Kier alpha value is -1.66. The van der Waals surface area contributed by atoms with E-state index >= 15 is 0 Å². The van der Waals surface area contributed by atoms with Crippen LogP contribution in [-0.2, 0) is 0 Å². The maximum atomic E-state index is 11.4. The smallest absolute Gasteiger partial charge is 0.338 e. The van der Waals surface area contributed by atoms with Crippen molar-refractivity contribution in [2.75, 3.05) is 13.2 Å². The number of benzene rings is 2. The standard InChI is InChI=1S/C15H11BrO4S/c16-10-2-1-3-13(14(10)15(17)18)21-9-4-5-11-12(8-9)20-7-6-19-11/h1-5,8H,6-7H2,(H,17,18). The molecule has 0 radical (unpaired) electrons. The van der Waals surface area contributed by atoms with Crippen LogP contribution in [0.15, 0.2) is 50.7 Å². The molecule has 1 aliphatic heterocycles. The van der Waals surface area contributed by atoms with Crippen molar-refractivity contribution < 1.29 is 19.4 Å². The molecule has 0 unspecified atom stereocenters. The number of carboxylic acids is 1. The molecule has 0 saturated heterocycles. The zero-order valence-corrected chi connectivity index (χ0v) is 13.2. The highest BCUT2D eigenvalue weighted by molar-refractivity contribution is 9.10. The van der Waals surface area contributed by atoms with Gasteiger partial charge in [-0.25, -0.2) is 4.79 Å². The van der Waals surface area contributed by atoms with Gasteiger partial charge in [0.1, 0.15) is 13.2 Å². The maximum Gasteiger partial charge on any atom is 0.338 e. The van der Waals surface area contributed by atoms with Crippen LogP contribution in [0.5, 0.6) is 11.5 Å². The van der Waals surface area contributed by atoms with E-state index in [-0.39, 0.29) is 5.56 Å². The molecule has 0 bridgehead atoms. The number of rotatable bonds is 3. The number of aromatic carboxylic acids is 1. The summed E-state index contributed by atoms with van der Waals surface area (Å²) < 4.78 is 11.6. The van der Waals surface area contributed by atoms with E-state index in [2.05, 4.69) is 15.9 Å². The van der Waals surface area contributed by atoms with Gasteiger partial charge < -0.3 is 14.6 Å². The van der Waals surface area contributed by atoms with Gasteiger partial charge in [0.2, 0.25) is 0 Å². The zero-order valence-electron chi connectivity index (χ0n) is 10.8. The molecule has 4 nitrogen and oxygen atoms in total. The van der Waals surface area contributed by atoms with Crippen LogP contribution < -0.4 is 9.47 Å². The highest BCUT2D eigenvalue weighted by Gasteiger charge is 2.17. The molecule has 108 valence electrons. The lowest BCUT2D eigenvalue weighted by Crippen LogP contribution is -2.15. The number of carboxylic acid groups (broad SMARTS) is 1. The summed E-state index contributed by atoms with van der Waals surface area (Å²) in [4.78, 5) is 13.0. The van der Waals surface area contributed by atoms with E-state index < -0.39 is 5.97 Å². The van der Waals surface area contributed by atoms with E-state index in [4.69, 9.17) is 9.47 Å². The molecule has 0 aliphatic carbocycles. The highest BCUT2D eigenvalue weighted by atomic mass is 79.9. The predicted octanol–water partition coefficient (Wildman–Crippen LogP) is 4.07. The number of ether oxygens (including phenoxy) is 2. The first-order chi connectivity index (χ1) is 10.1. The van der Waals surface area contributed by atoms with Gasteiger partial charge in [0, 0.05) is 14.3 Å². The van der Waals surface area contributed by atoms with Crippen LogP contribution in [0.2, 0.25) is 0 Å². The second kappa shape index (κ2) is 5.99. The quantitative estimate of drug-likeness (QED) is 0.886. The Morgan fingerprint density at radius 1 is 1.14 bits per heavy atom. The Kier molecular flexibility index (Phi) is 4.07. The Morgan fingerprint density at radius 2 is 1.90 bits per heavy atom. The van der Waals surface area contributed by atoms with Crippen molar-refractivity contribution in [3.63, 3.8) is 0 Å². The Morgan fingerprint density at radius 3 is 2.67 bits per heavy atom. The highest BCUT2D eigenvalue weighted by Crippen LogP contribution is 2.39. The van der Waals surface area contributed by atoms with Crippen molar-refractivity contribution in [3.8, 4) is 11.5 Å². The number of carbonyl (C=O) groups is 1. The second-order valence-electron chi connectivity index (χ2n) is 4.33. The molecular formula is C15H11BrO4S. The molecular weight excluding hydrogens is 356 g/mol.